The van der Waals surface area contributed by atoms with Gasteiger partial charge >= 0.3 is 0 Å². The summed E-state index contributed by atoms with van der Waals surface area (Å²) in [5.74, 6) is 0.304. The largest absolute Gasteiger partial charge is 0.387 e. The van der Waals surface area contributed by atoms with E-state index in [-0.39, 0.29) is 41.2 Å². The molecule has 0 radical (unpaired) electrons. The fraction of sp³-hybridized carbons (Fsp3) is 0.574. The number of anilines is 2. The third kappa shape index (κ3) is 11.5. The van der Waals surface area contributed by atoms with Gasteiger partial charge in [-0.3, -0.25) is 43.7 Å². The van der Waals surface area contributed by atoms with Crippen molar-refractivity contribution in [3.05, 3.63) is 71.6 Å². The Labute approximate surface area is 425 Å². The second kappa shape index (κ2) is 22.1. The summed E-state index contributed by atoms with van der Waals surface area (Å²) < 4.78 is 8.12. The first-order valence-electron chi connectivity index (χ1n) is 26.3. The number of amides is 4. The van der Waals surface area contributed by atoms with Gasteiger partial charge in [0.05, 0.1) is 28.5 Å². The highest BCUT2D eigenvalue weighted by molar-refractivity contribution is 6.23. The Morgan fingerprint density at radius 1 is 0.890 bits per heavy atom. The maximum atomic E-state index is 13.1. The van der Waals surface area contributed by atoms with Crippen molar-refractivity contribution in [2.75, 3.05) is 30.3 Å². The number of unbranched alkanes of at least 4 members (excludes halogenated alkanes) is 4. The van der Waals surface area contributed by atoms with Crippen molar-refractivity contribution in [1.29, 1.82) is 0 Å². The van der Waals surface area contributed by atoms with Gasteiger partial charge in [0.1, 0.15) is 42.3 Å². The minimum atomic E-state index is -1.17. The standard InChI is InChI=1S/C54H71N11O8/c1-31(2)63(35-24-32(25-35)14-20-43-60-39-18-15-33(54(3,4)5)26-40(39)61-43)28-42-46(68)47(69)53(73-42)64-30-59-45-48(57-29-58-49(45)64)56-23-11-7-9-13-36(66)12-8-6-10-22-55-34-16-17-37-38(27-34)52(72)65(51(37)71)41-19-21-44(67)62-50(41)70/h15-18,26-27,29-32,35,41-42,46-47,53,55,68-69H,6-14,19-25,28H2,1-5H3,(H,60,61)(H,56,57,58)(H,62,67,70)/t32?,35?,41?,42-,46?,47+,53-/m1/s1. The molecule has 1 saturated carbocycles. The van der Waals surface area contributed by atoms with E-state index < -0.39 is 54.2 Å². The number of nitrogens with one attached hydrogen (secondary N) is 4. The summed E-state index contributed by atoms with van der Waals surface area (Å²) in [5.41, 5.74) is 5.67. The van der Waals surface area contributed by atoms with Crippen LogP contribution >= 0.6 is 0 Å². The van der Waals surface area contributed by atoms with Gasteiger partial charge in [-0.05, 0) is 112 Å². The van der Waals surface area contributed by atoms with Gasteiger partial charge in [0.25, 0.3) is 11.8 Å². The Balaban J connectivity index is 0.657. The number of H-pyrrole nitrogens is 1. The second-order valence-corrected chi connectivity index (χ2v) is 21.8. The fourth-order valence-corrected chi connectivity index (χ4v) is 10.9. The molecule has 4 amide bonds. The first kappa shape index (κ1) is 51.7. The van der Waals surface area contributed by atoms with Gasteiger partial charge in [0.2, 0.25) is 11.8 Å². The number of benzene rings is 2. The second-order valence-electron chi connectivity index (χ2n) is 21.8. The Bertz CT molecular complexity index is 2830. The van der Waals surface area contributed by atoms with Crippen molar-refractivity contribution < 1.29 is 38.9 Å². The van der Waals surface area contributed by atoms with E-state index in [2.05, 4.69) is 93.6 Å². The highest BCUT2D eigenvalue weighted by Gasteiger charge is 2.47. The van der Waals surface area contributed by atoms with Gasteiger partial charge in [0.15, 0.2) is 23.2 Å². The highest BCUT2D eigenvalue weighted by atomic mass is 16.6. The lowest BCUT2D eigenvalue weighted by Crippen LogP contribution is -2.54. The van der Waals surface area contributed by atoms with Crippen LogP contribution in [0.15, 0.2) is 49.1 Å². The first-order valence-corrected chi connectivity index (χ1v) is 26.3. The number of fused-ring (bicyclic) bond motifs is 3. The fourth-order valence-electron chi connectivity index (χ4n) is 10.9. The average molecular weight is 1000 g/mol. The van der Waals surface area contributed by atoms with Gasteiger partial charge in [-0.25, -0.2) is 19.9 Å². The topological polar surface area (TPSA) is 250 Å². The van der Waals surface area contributed by atoms with E-state index in [1.807, 2.05) is 0 Å². The van der Waals surface area contributed by atoms with Crippen molar-refractivity contribution in [3.63, 3.8) is 0 Å². The number of rotatable bonds is 23. The van der Waals surface area contributed by atoms with Crippen molar-refractivity contribution in [3.8, 4) is 0 Å². The predicted molar refractivity (Wildman–Crippen MR) is 275 cm³/mol. The molecule has 5 aromatic rings. The van der Waals surface area contributed by atoms with Crippen LogP contribution in [0.2, 0.25) is 0 Å². The number of aryl methyl sites for hydroxylation is 1. The van der Waals surface area contributed by atoms with Crippen LogP contribution in [0.1, 0.15) is 156 Å². The molecule has 0 spiro atoms. The predicted octanol–water partition coefficient (Wildman–Crippen LogP) is 6.36. The van der Waals surface area contributed by atoms with Crippen LogP contribution < -0.4 is 16.0 Å². The van der Waals surface area contributed by atoms with Crippen LogP contribution in [-0.4, -0.2) is 135 Å². The summed E-state index contributed by atoms with van der Waals surface area (Å²) >= 11 is 0. The number of ether oxygens (including phenoxy) is 1. The number of carbonyl (C=O) groups excluding carboxylic acids is 5. The normalized spacial score (nSPS) is 23.2. The third-order valence-corrected chi connectivity index (χ3v) is 15.2. The maximum Gasteiger partial charge on any atom is 0.262 e. The number of piperidine rings is 1. The van der Waals surface area contributed by atoms with Crippen LogP contribution in [0.25, 0.3) is 22.2 Å². The number of carbonyl (C=O) groups is 5. The van der Waals surface area contributed by atoms with Crippen molar-refractivity contribution in [2.24, 2.45) is 5.92 Å². The molecule has 5 atom stereocenters. The Kier molecular flexibility index (Phi) is 15.7. The summed E-state index contributed by atoms with van der Waals surface area (Å²) in [6.07, 6.45) is 9.57. The average Bonchev–Trinajstić information content (AvgIpc) is 4.09. The van der Waals surface area contributed by atoms with Gasteiger partial charge < -0.3 is 30.6 Å². The number of imidazole rings is 2. The molecule has 73 heavy (non-hydrogen) atoms. The number of aliphatic hydroxyl groups is 2. The minimum absolute atomic E-state index is 0.0680. The number of ketones is 1. The van der Waals surface area contributed by atoms with E-state index in [1.165, 1.54) is 11.9 Å². The summed E-state index contributed by atoms with van der Waals surface area (Å²) in [7, 11) is 0. The molecule has 3 fully saturated rings. The van der Waals surface area contributed by atoms with E-state index >= 15 is 0 Å². The molecule has 6 heterocycles. The molecule has 390 valence electrons. The summed E-state index contributed by atoms with van der Waals surface area (Å²) in [5, 5.41) is 31.5. The quantitative estimate of drug-likeness (QED) is 0.0308. The monoisotopic (exact) mass is 1000 g/mol. The zero-order chi connectivity index (χ0) is 51.6. The van der Waals surface area contributed by atoms with Crippen LogP contribution in [0, 0.1) is 5.92 Å². The van der Waals surface area contributed by atoms with E-state index in [0.717, 1.165) is 86.0 Å². The molecule has 19 nitrogen and oxygen atoms in total. The number of aliphatic hydroxyl groups excluding tert-OH is 2. The van der Waals surface area contributed by atoms with Crippen LogP contribution in [0.3, 0.4) is 0 Å². The van der Waals surface area contributed by atoms with Crippen molar-refractivity contribution >= 4 is 63.1 Å². The molecule has 3 aromatic heterocycles. The lowest BCUT2D eigenvalue weighted by Gasteiger charge is -2.46. The summed E-state index contributed by atoms with van der Waals surface area (Å²) in [4.78, 5) is 88.0. The number of hydrogen-bond acceptors (Lipinski definition) is 15. The number of Topliss-reactive ketones (excluding diaryl/α,β-unsaturated/α-hetero) is 1. The molecule has 3 aliphatic heterocycles. The van der Waals surface area contributed by atoms with E-state index in [4.69, 9.17) is 9.72 Å². The Hall–Kier alpha value is -6.15. The van der Waals surface area contributed by atoms with E-state index in [1.54, 1.807) is 29.1 Å². The molecule has 1 aliphatic carbocycles. The van der Waals surface area contributed by atoms with Crippen LogP contribution in [-0.2, 0) is 31.0 Å². The van der Waals surface area contributed by atoms with E-state index in [0.29, 0.717) is 67.1 Å². The molecule has 9 rings (SSSR count). The molecule has 2 unspecified atom stereocenters. The van der Waals surface area contributed by atoms with Gasteiger partial charge in [-0.2, -0.15) is 0 Å². The number of imide groups is 2. The number of aromatic nitrogens is 6. The molecule has 19 heteroatoms. The molecule has 2 aromatic carbocycles. The Morgan fingerprint density at radius 3 is 2.36 bits per heavy atom. The molecular formula is C54H71N11O8. The van der Waals surface area contributed by atoms with Crippen molar-refractivity contribution in [1.82, 2.24) is 44.6 Å². The molecule has 2 saturated heterocycles. The Morgan fingerprint density at radius 2 is 1.63 bits per heavy atom. The highest BCUT2D eigenvalue weighted by Crippen LogP contribution is 2.39. The van der Waals surface area contributed by atoms with Gasteiger partial charge in [-0.1, -0.05) is 39.7 Å². The lowest BCUT2D eigenvalue weighted by molar-refractivity contribution is -0.136. The summed E-state index contributed by atoms with van der Waals surface area (Å²) in [6.45, 7) is 12.8. The number of hydrogen-bond donors (Lipinski definition) is 6. The maximum absolute atomic E-state index is 13.1. The molecule has 6 N–H and O–H groups in total. The molecule has 0 bridgehead atoms. The zero-order valence-corrected chi connectivity index (χ0v) is 42.7. The van der Waals surface area contributed by atoms with Gasteiger partial charge in [-0.15, -0.1) is 0 Å². The smallest absolute Gasteiger partial charge is 0.262 e. The summed E-state index contributed by atoms with van der Waals surface area (Å²) in [6, 6.07) is 11.0. The van der Waals surface area contributed by atoms with Crippen LogP contribution in [0.5, 0.6) is 0 Å². The lowest BCUT2D eigenvalue weighted by atomic mass is 9.76. The van der Waals surface area contributed by atoms with Crippen molar-refractivity contribution in [2.45, 2.75) is 173 Å². The first-order chi connectivity index (χ1) is 35.0. The van der Waals surface area contributed by atoms with Gasteiger partial charge in [0, 0.05) is 63.1 Å². The van der Waals surface area contributed by atoms with Crippen LogP contribution in [0.4, 0.5) is 11.5 Å². The molecular weight excluding hydrogens is 931 g/mol. The number of nitrogens with zero attached hydrogens (tertiary/aromatic N) is 7. The number of aromatic amines is 1. The third-order valence-electron chi connectivity index (χ3n) is 15.2. The van der Waals surface area contributed by atoms with E-state index in [9.17, 15) is 34.2 Å². The molecule has 4 aliphatic rings. The SMILES string of the molecule is CC(C)N(C[C@H]1O[C@@H](n2cnc3c(NCCCCCC(=O)CCCCCNc4ccc5c(c4)C(=O)N(C4CCC(=O)NC4=O)C5=O)ncnc32)[C@@H](O)C1O)C1CC(CCc2nc3ccc(C(C)(C)C)cc3[nH]2)C1. The minimum Gasteiger partial charge on any atom is -0.387 e. The zero-order valence-electron chi connectivity index (χ0n) is 42.7.